The van der Waals surface area contributed by atoms with Crippen LogP contribution in [0.25, 0.3) is 10.2 Å². The van der Waals surface area contributed by atoms with Crippen molar-refractivity contribution in [1.29, 1.82) is 0 Å². The standard InChI is InChI=1S/C29H31N3O2S.ClH/c1-22-13-14-25-26(21-22)35-29(30-25)32(16-8-15-31-17-19-34-20-18-31)28(33)27(23-9-4-2-5-10-23)24-11-6-3-7-12-24;/h2-7,9-14,21,27H,8,15-20H2,1H3;1H. The summed E-state index contributed by atoms with van der Waals surface area (Å²) in [6.07, 6.45) is 0.886. The molecular weight excluding hydrogens is 490 g/mol. The molecule has 0 bridgehead atoms. The van der Waals surface area contributed by atoms with E-state index in [4.69, 9.17) is 9.72 Å². The number of rotatable bonds is 8. The van der Waals surface area contributed by atoms with E-state index in [1.54, 1.807) is 11.3 Å². The number of benzene rings is 3. The van der Waals surface area contributed by atoms with Crippen LogP contribution < -0.4 is 4.90 Å². The van der Waals surface area contributed by atoms with Gasteiger partial charge in [0.1, 0.15) is 0 Å². The van der Waals surface area contributed by atoms with E-state index in [0.717, 1.165) is 65.7 Å². The second kappa shape index (κ2) is 12.5. The van der Waals surface area contributed by atoms with E-state index in [2.05, 4.69) is 24.0 Å². The summed E-state index contributed by atoms with van der Waals surface area (Å²) in [5, 5.41) is 0.773. The number of carbonyl (C=O) groups excluding carboxylic acids is 1. The minimum Gasteiger partial charge on any atom is -0.379 e. The van der Waals surface area contributed by atoms with Gasteiger partial charge in [-0.1, -0.05) is 78.1 Å². The lowest BCUT2D eigenvalue weighted by molar-refractivity contribution is -0.119. The number of nitrogens with zero attached hydrogens (tertiary/aromatic N) is 3. The van der Waals surface area contributed by atoms with Gasteiger partial charge in [0.05, 0.1) is 29.3 Å². The Labute approximate surface area is 223 Å². The molecule has 1 aliphatic rings. The van der Waals surface area contributed by atoms with Gasteiger partial charge in [0.25, 0.3) is 0 Å². The number of ether oxygens (including phenoxy) is 1. The van der Waals surface area contributed by atoms with Gasteiger partial charge in [-0.3, -0.25) is 14.6 Å². The summed E-state index contributed by atoms with van der Waals surface area (Å²) >= 11 is 1.60. The zero-order valence-corrected chi connectivity index (χ0v) is 22.1. The normalized spacial score (nSPS) is 14.1. The van der Waals surface area contributed by atoms with Crippen LogP contribution in [0.1, 0.15) is 29.0 Å². The van der Waals surface area contributed by atoms with Crippen LogP contribution in [0.5, 0.6) is 0 Å². The van der Waals surface area contributed by atoms with E-state index >= 15 is 0 Å². The number of carbonyl (C=O) groups is 1. The lowest BCUT2D eigenvalue weighted by Gasteiger charge is -2.29. The molecule has 0 atom stereocenters. The number of anilines is 1. The molecule has 1 aliphatic heterocycles. The van der Waals surface area contributed by atoms with Crippen molar-refractivity contribution in [2.75, 3.05) is 44.3 Å². The molecule has 36 heavy (non-hydrogen) atoms. The highest BCUT2D eigenvalue weighted by Crippen LogP contribution is 2.34. The molecule has 0 N–H and O–H groups in total. The van der Waals surface area contributed by atoms with Crippen molar-refractivity contribution in [3.8, 4) is 0 Å². The van der Waals surface area contributed by atoms with Crippen molar-refractivity contribution in [1.82, 2.24) is 9.88 Å². The Balaban J connectivity index is 0.00000304. The average molecular weight is 522 g/mol. The van der Waals surface area contributed by atoms with E-state index in [1.165, 1.54) is 5.56 Å². The first kappa shape index (κ1) is 26.3. The molecule has 1 fully saturated rings. The molecule has 3 aromatic carbocycles. The monoisotopic (exact) mass is 521 g/mol. The second-order valence-electron chi connectivity index (χ2n) is 9.02. The summed E-state index contributed by atoms with van der Waals surface area (Å²) < 4.78 is 6.61. The number of hydrogen-bond acceptors (Lipinski definition) is 5. The van der Waals surface area contributed by atoms with E-state index in [1.807, 2.05) is 71.6 Å². The first-order valence-electron chi connectivity index (χ1n) is 12.3. The van der Waals surface area contributed by atoms with Gasteiger partial charge in [-0.05, 0) is 42.2 Å². The predicted octanol–water partition coefficient (Wildman–Crippen LogP) is 5.91. The maximum atomic E-state index is 14.3. The zero-order chi connectivity index (χ0) is 24.0. The highest BCUT2D eigenvalue weighted by molar-refractivity contribution is 7.22. The second-order valence-corrected chi connectivity index (χ2v) is 10.0. The predicted molar refractivity (Wildman–Crippen MR) is 151 cm³/mol. The molecule has 0 unspecified atom stereocenters. The van der Waals surface area contributed by atoms with Crippen LogP contribution in [0.3, 0.4) is 0 Å². The van der Waals surface area contributed by atoms with E-state index < -0.39 is 0 Å². The van der Waals surface area contributed by atoms with Crippen molar-refractivity contribution in [2.45, 2.75) is 19.3 Å². The Kier molecular flexibility index (Phi) is 9.10. The van der Waals surface area contributed by atoms with Crippen LogP contribution in [0.2, 0.25) is 0 Å². The van der Waals surface area contributed by atoms with E-state index in [0.29, 0.717) is 6.54 Å². The van der Waals surface area contributed by atoms with Crippen molar-refractivity contribution >= 4 is 45.0 Å². The molecule has 0 saturated carbocycles. The van der Waals surface area contributed by atoms with Gasteiger partial charge >= 0.3 is 0 Å². The lowest BCUT2D eigenvalue weighted by atomic mass is 9.90. The highest BCUT2D eigenvalue weighted by atomic mass is 35.5. The number of aryl methyl sites for hydroxylation is 1. The molecule has 4 aromatic rings. The topological polar surface area (TPSA) is 45.7 Å². The van der Waals surface area contributed by atoms with Crippen LogP contribution in [0, 0.1) is 6.92 Å². The summed E-state index contributed by atoms with van der Waals surface area (Å²) in [6.45, 7) is 7.12. The van der Waals surface area contributed by atoms with Crippen LogP contribution in [-0.2, 0) is 9.53 Å². The van der Waals surface area contributed by atoms with Gasteiger partial charge in [-0.2, -0.15) is 0 Å². The molecule has 1 saturated heterocycles. The molecule has 2 heterocycles. The fraction of sp³-hybridized carbons (Fsp3) is 0.310. The molecule has 5 nitrogen and oxygen atoms in total. The minimum absolute atomic E-state index is 0. The number of aromatic nitrogens is 1. The van der Waals surface area contributed by atoms with Gasteiger partial charge in [0, 0.05) is 26.2 Å². The third-order valence-corrected chi connectivity index (χ3v) is 7.54. The summed E-state index contributed by atoms with van der Waals surface area (Å²) in [4.78, 5) is 23.6. The molecule has 0 radical (unpaired) electrons. The van der Waals surface area contributed by atoms with E-state index in [-0.39, 0.29) is 24.2 Å². The Hall–Kier alpha value is -2.77. The number of hydrogen-bond donors (Lipinski definition) is 0. The number of thiazole rings is 1. The Morgan fingerprint density at radius 2 is 1.64 bits per heavy atom. The molecule has 5 rings (SSSR count). The fourth-order valence-electron chi connectivity index (χ4n) is 4.64. The van der Waals surface area contributed by atoms with Crippen molar-refractivity contribution in [2.24, 2.45) is 0 Å². The van der Waals surface area contributed by atoms with E-state index in [9.17, 15) is 4.79 Å². The number of morpholine rings is 1. The summed E-state index contributed by atoms with van der Waals surface area (Å²) in [6, 6.07) is 26.4. The third-order valence-electron chi connectivity index (χ3n) is 6.50. The molecule has 1 amide bonds. The maximum Gasteiger partial charge on any atom is 0.240 e. The Morgan fingerprint density at radius 1 is 1.00 bits per heavy atom. The fourth-order valence-corrected chi connectivity index (χ4v) is 5.73. The summed E-state index contributed by atoms with van der Waals surface area (Å²) in [5.74, 6) is -0.310. The first-order valence-corrected chi connectivity index (χ1v) is 13.1. The minimum atomic E-state index is -0.380. The summed E-state index contributed by atoms with van der Waals surface area (Å²) in [5.41, 5.74) is 4.14. The van der Waals surface area contributed by atoms with Gasteiger partial charge in [-0.25, -0.2) is 4.98 Å². The number of amides is 1. The van der Waals surface area contributed by atoms with Crippen LogP contribution >= 0.6 is 23.7 Å². The van der Waals surface area contributed by atoms with Crippen molar-refractivity contribution in [3.63, 3.8) is 0 Å². The van der Waals surface area contributed by atoms with Gasteiger partial charge in [0.2, 0.25) is 5.91 Å². The van der Waals surface area contributed by atoms with Crippen molar-refractivity contribution in [3.05, 3.63) is 95.6 Å². The molecule has 0 aliphatic carbocycles. The molecular formula is C29H32ClN3O2S. The van der Waals surface area contributed by atoms with Crippen molar-refractivity contribution < 1.29 is 9.53 Å². The Bertz CT molecular complexity index is 1220. The third kappa shape index (κ3) is 6.13. The lowest BCUT2D eigenvalue weighted by Crippen LogP contribution is -2.40. The molecule has 0 spiro atoms. The zero-order valence-electron chi connectivity index (χ0n) is 20.5. The van der Waals surface area contributed by atoms with Crippen LogP contribution in [-0.4, -0.2) is 55.2 Å². The molecule has 188 valence electrons. The quantitative estimate of drug-likeness (QED) is 0.289. The highest BCUT2D eigenvalue weighted by Gasteiger charge is 2.30. The van der Waals surface area contributed by atoms with Crippen LogP contribution in [0.4, 0.5) is 5.13 Å². The maximum absolute atomic E-state index is 14.3. The van der Waals surface area contributed by atoms with Gasteiger partial charge in [0.15, 0.2) is 5.13 Å². The first-order chi connectivity index (χ1) is 17.2. The average Bonchev–Trinajstić information content (AvgIpc) is 3.31. The smallest absolute Gasteiger partial charge is 0.240 e. The SMILES string of the molecule is Cc1ccc2nc(N(CCCN3CCOCC3)C(=O)C(c3ccccc3)c3ccccc3)sc2c1.Cl. The largest absolute Gasteiger partial charge is 0.379 e. The molecule has 7 heteroatoms. The number of halogens is 1. The molecule has 1 aromatic heterocycles. The Morgan fingerprint density at radius 3 is 2.28 bits per heavy atom. The van der Waals surface area contributed by atoms with Gasteiger partial charge in [-0.15, -0.1) is 12.4 Å². The summed E-state index contributed by atoms with van der Waals surface area (Å²) in [7, 11) is 0. The number of fused-ring (bicyclic) bond motifs is 1. The van der Waals surface area contributed by atoms with Crippen LogP contribution in [0.15, 0.2) is 78.9 Å². The van der Waals surface area contributed by atoms with Gasteiger partial charge < -0.3 is 4.74 Å².